The lowest BCUT2D eigenvalue weighted by molar-refractivity contribution is -0.137. The summed E-state index contributed by atoms with van der Waals surface area (Å²) in [7, 11) is 0. The van der Waals surface area contributed by atoms with E-state index in [-0.39, 0.29) is 11.7 Å². The zero-order valence-electron chi connectivity index (χ0n) is 16.5. The maximum atomic E-state index is 13.5. The van der Waals surface area contributed by atoms with Crippen LogP contribution in [0.3, 0.4) is 0 Å². The molecular formula is C24H25FN2O. The minimum Gasteiger partial charge on any atom is -0.332 e. The van der Waals surface area contributed by atoms with Crippen molar-refractivity contribution in [1.82, 2.24) is 9.88 Å². The summed E-state index contributed by atoms with van der Waals surface area (Å²) in [6, 6.07) is 21.9. The first-order valence-electron chi connectivity index (χ1n) is 9.38. The first-order chi connectivity index (χ1) is 13.4. The van der Waals surface area contributed by atoms with Crippen molar-refractivity contribution in [2.45, 2.75) is 39.3 Å². The van der Waals surface area contributed by atoms with E-state index in [1.165, 1.54) is 12.1 Å². The zero-order chi connectivity index (χ0) is 20.1. The Morgan fingerprint density at radius 3 is 2.25 bits per heavy atom. The molecule has 0 aliphatic carbocycles. The van der Waals surface area contributed by atoms with Crippen molar-refractivity contribution in [3.05, 3.63) is 101 Å². The highest BCUT2D eigenvalue weighted by atomic mass is 19.1. The van der Waals surface area contributed by atoms with Crippen LogP contribution in [0.1, 0.15) is 36.4 Å². The number of aryl methyl sites for hydroxylation is 1. The molecule has 2 aromatic carbocycles. The highest BCUT2D eigenvalue weighted by Crippen LogP contribution is 2.27. The normalized spacial score (nSPS) is 11.3. The average Bonchev–Trinajstić information content (AvgIpc) is 2.68. The van der Waals surface area contributed by atoms with Gasteiger partial charge in [-0.2, -0.15) is 0 Å². The number of halogens is 1. The standard InChI is InChI=1S/C24H25FN2O/c1-18-8-7-11-22(26-18)17-27(16-19-9-5-4-6-10-19)23(28)24(2,3)20-12-14-21(25)15-13-20/h4-15H,16-17H2,1-3H3. The number of pyridine rings is 1. The van der Waals surface area contributed by atoms with E-state index < -0.39 is 5.41 Å². The predicted octanol–water partition coefficient (Wildman–Crippen LogP) is 5.04. The van der Waals surface area contributed by atoms with Crippen molar-refractivity contribution >= 4 is 5.91 Å². The third-order valence-electron chi connectivity index (χ3n) is 4.90. The molecule has 0 aliphatic heterocycles. The summed E-state index contributed by atoms with van der Waals surface area (Å²) in [5, 5.41) is 0. The van der Waals surface area contributed by atoms with Gasteiger partial charge in [-0.1, -0.05) is 48.5 Å². The number of benzene rings is 2. The molecule has 4 heteroatoms. The van der Waals surface area contributed by atoms with Crippen molar-refractivity contribution in [3.63, 3.8) is 0 Å². The maximum Gasteiger partial charge on any atom is 0.233 e. The molecule has 0 atom stereocenters. The van der Waals surface area contributed by atoms with Crippen LogP contribution in [0, 0.1) is 12.7 Å². The quantitative estimate of drug-likeness (QED) is 0.604. The molecule has 1 heterocycles. The van der Waals surface area contributed by atoms with Crippen LogP contribution in [-0.4, -0.2) is 15.8 Å². The molecule has 0 bridgehead atoms. The SMILES string of the molecule is Cc1cccc(CN(Cc2ccccc2)C(=O)C(C)(C)c2ccc(F)cc2)n1. The van der Waals surface area contributed by atoms with Gasteiger partial charge in [-0.25, -0.2) is 4.39 Å². The van der Waals surface area contributed by atoms with Crippen LogP contribution in [0.5, 0.6) is 0 Å². The van der Waals surface area contributed by atoms with E-state index in [2.05, 4.69) is 4.98 Å². The molecule has 28 heavy (non-hydrogen) atoms. The van der Waals surface area contributed by atoms with E-state index in [0.717, 1.165) is 22.5 Å². The molecule has 0 aliphatic rings. The van der Waals surface area contributed by atoms with Crippen LogP contribution in [-0.2, 0) is 23.3 Å². The van der Waals surface area contributed by atoms with Gasteiger partial charge < -0.3 is 4.90 Å². The molecule has 3 rings (SSSR count). The van der Waals surface area contributed by atoms with E-state index in [1.807, 2.05) is 74.2 Å². The molecule has 0 unspecified atom stereocenters. The summed E-state index contributed by atoms with van der Waals surface area (Å²) in [6.07, 6.45) is 0. The molecule has 1 aromatic heterocycles. The molecule has 0 fully saturated rings. The van der Waals surface area contributed by atoms with Gasteiger partial charge in [0.05, 0.1) is 17.7 Å². The fourth-order valence-corrected chi connectivity index (χ4v) is 3.27. The Hall–Kier alpha value is -3.01. The van der Waals surface area contributed by atoms with Crippen LogP contribution >= 0.6 is 0 Å². The molecule has 3 aromatic rings. The van der Waals surface area contributed by atoms with Gasteiger partial charge in [0.1, 0.15) is 5.82 Å². The van der Waals surface area contributed by atoms with Gasteiger partial charge in [-0.05, 0) is 56.2 Å². The average molecular weight is 376 g/mol. The summed E-state index contributed by atoms with van der Waals surface area (Å²) in [5.74, 6) is -0.330. The molecule has 0 spiro atoms. The first kappa shape index (κ1) is 19.7. The van der Waals surface area contributed by atoms with Crippen LogP contribution in [0.2, 0.25) is 0 Å². The number of hydrogen-bond acceptors (Lipinski definition) is 2. The van der Waals surface area contributed by atoms with Crippen molar-refractivity contribution in [2.75, 3.05) is 0 Å². The Morgan fingerprint density at radius 2 is 1.61 bits per heavy atom. The van der Waals surface area contributed by atoms with Crippen molar-refractivity contribution in [1.29, 1.82) is 0 Å². The molecule has 0 saturated heterocycles. The first-order valence-corrected chi connectivity index (χ1v) is 9.38. The second-order valence-electron chi connectivity index (χ2n) is 7.55. The van der Waals surface area contributed by atoms with Crippen LogP contribution in [0.25, 0.3) is 0 Å². The smallest absolute Gasteiger partial charge is 0.233 e. The fraction of sp³-hybridized carbons (Fsp3) is 0.250. The summed E-state index contributed by atoms with van der Waals surface area (Å²) >= 11 is 0. The minimum atomic E-state index is -0.785. The number of rotatable bonds is 6. The summed E-state index contributed by atoms with van der Waals surface area (Å²) in [4.78, 5) is 19.9. The van der Waals surface area contributed by atoms with Gasteiger partial charge in [0.2, 0.25) is 5.91 Å². The lowest BCUT2D eigenvalue weighted by Crippen LogP contribution is -2.43. The third-order valence-corrected chi connectivity index (χ3v) is 4.90. The lowest BCUT2D eigenvalue weighted by Gasteiger charge is -2.32. The minimum absolute atomic E-state index is 0.0220. The van der Waals surface area contributed by atoms with E-state index in [4.69, 9.17) is 0 Å². The topological polar surface area (TPSA) is 33.2 Å². The number of nitrogens with zero attached hydrogens (tertiary/aromatic N) is 2. The Balaban J connectivity index is 1.92. The lowest BCUT2D eigenvalue weighted by atomic mass is 9.83. The van der Waals surface area contributed by atoms with Crippen molar-refractivity contribution < 1.29 is 9.18 Å². The monoisotopic (exact) mass is 376 g/mol. The Kier molecular flexibility index (Phi) is 5.88. The number of aromatic nitrogens is 1. The molecule has 144 valence electrons. The molecule has 1 amide bonds. The van der Waals surface area contributed by atoms with E-state index in [9.17, 15) is 9.18 Å². The number of carbonyl (C=O) groups excluding carboxylic acids is 1. The predicted molar refractivity (Wildman–Crippen MR) is 109 cm³/mol. The second kappa shape index (κ2) is 8.34. The van der Waals surface area contributed by atoms with Crippen molar-refractivity contribution in [3.8, 4) is 0 Å². The summed E-state index contributed by atoms with van der Waals surface area (Å²) in [6.45, 7) is 6.60. The number of hydrogen-bond donors (Lipinski definition) is 0. The Bertz CT molecular complexity index is 936. The van der Waals surface area contributed by atoms with Crippen LogP contribution < -0.4 is 0 Å². The zero-order valence-corrected chi connectivity index (χ0v) is 16.5. The van der Waals surface area contributed by atoms with Crippen LogP contribution in [0.15, 0.2) is 72.8 Å². The van der Waals surface area contributed by atoms with Crippen molar-refractivity contribution in [2.24, 2.45) is 0 Å². The van der Waals surface area contributed by atoms with Gasteiger partial charge in [-0.3, -0.25) is 9.78 Å². The molecule has 0 saturated carbocycles. The van der Waals surface area contributed by atoms with E-state index in [0.29, 0.717) is 13.1 Å². The summed E-state index contributed by atoms with van der Waals surface area (Å²) < 4.78 is 13.3. The Morgan fingerprint density at radius 1 is 0.929 bits per heavy atom. The van der Waals surface area contributed by atoms with E-state index in [1.54, 1.807) is 12.1 Å². The van der Waals surface area contributed by atoms with Gasteiger partial charge in [0.25, 0.3) is 0 Å². The molecule has 0 N–H and O–H groups in total. The maximum absolute atomic E-state index is 13.5. The van der Waals surface area contributed by atoms with Crippen LogP contribution in [0.4, 0.5) is 4.39 Å². The molecular weight excluding hydrogens is 351 g/mol. The third kappa shape index (κ3) is 4.63. The highest BCUT2D eigenvalue weighted by molar-refractivity contribution is 5.87. The second-order valence-corrected chi connectivity index (χ2v) is 7.55. The number of carbonyl (C=O) groups is 1. The van der Waals surface area contributed by atoms with Gasteiger partial charge in [0, 0.05) is 12.2 Å². The fourth-order valence-electron chi connectivity index (χ4n) is 3.27. The highest BCUT2D eigenvalue weighted by Gasteiger charge is 2.34. The Labute approximate surface area is 165 Å². The molecule has 0 radical (unpaired) electrons. The molecule has 3 nitrogen and oxygen atoms in total. The largest absolute Gasteiger partial charge is 0.332 e. The van der Waals surface area contributed by atoms with Gasteiger partial charge in [-0.15, -0.1) is 0 Å². The van der Waals surface area contributed by atoms with Gasteiger partial charge >= 0.3 is 0 Å². The number of amides is 1. The van der Waals surface area contributed by atoms with Gasteiger partial charge in [0.15, 0.2) is 0 Å². The van der Waals surface area contributed by atoms with E-state index >= 15 is 0 Å². The summed E-state index contributed by atoms with van der Waals surface area (Å²) in [5.41, 5.74) is 2.82.